The van der Waals surface area contributed by atoms with Crippen molar-refractivity contribution in [2.75, 3.05) is 32.4 Å². The molecule has 6 nitrogen and oxygen atoms in total. The molecule has 1 aromatic carbocycles. The second-order valence-electron chi connectivity index (χ2n) is 5.64. The zero-order valence-electron chi connectivity index (χ0n) is 12.8. The van der Waals surface area contributed by atoms with Crippen molar-refractivity contribution in [3.63, 3.8) is 0 Å². The predicted octanol–water partition coefficient (Wildman–Crippen LogP) is 0.0503. The average molecular weight is 325 g/mol. The van der Waals surface area contributed by atoms with Crippen LogP contribution in [0.1, 0.15) is 12.0 Å². The van der Waals surface area contributed by atoms with Gasteiger partial charge in [0.05, 0.1) is 12.3 Å². The van der Waals surface area contributed by atoms with Gasteiger partial charge in [-0.15, -0.1) is 0 Å². The van der Waals surface area contributed by atoms with E-state index in [1.807, 2.05) is 30.3 Å². The molecular formula is C15H23N3O3S. The highest BCUT2D eigenvalue weighted by atomic mass is 32.2. The zero-order chi connectivity index (χ0) is 16.2. The van der Waals surface area contributed by atoms with Crippen molar-refractivity contribution in [1.82, 2.24) is 9.21 Å². The van der Waals surface area contributed by atoms with Crippen LogP contribution in [-0.2, 0) is 21.2 Å². The highest BCUT2D eigenvalue weighted by Gasteiger charge is 2.26. The highest BCUT2D eigenvalue weighted by molar-refractivity contribution is 7.88. The number of benzene rings is 1. The number of sulfonamides is 1. The first-order valence-corrected chi connectivity index (χ1v) is 9.26. The Morgan fingerprint density at radius 2 is 1.86 bits per heavy atom. The fourth-order valence-electron chi connectivity index (χ4n) is 2.64. The lowest BCUT2D eigenvalue weighted by Gasteiger charge is -2.24. The topological polar surface area (TPSA) is 83.7 Å². The molecule has 0 aliphatic carbocycles. The van der Waals surface area contributed by atoms with Gasteiger partial charge in [0, 0.05) is 26.2 Å². The lowest BCUT2D eigenvalue weighted by molar-refractivity contribution is -0.132. The molecule has 1 aromatic rings. The summed E-state index contributed by atoms with van der Waals surface area (Å²) in [5.74, 6) is -0.112. The Hall–Kier alpha value is -1.44. The second kappa shape index (κ2) is 7.21. The summed E-state index contributed by atoms with van der Waals surface area (Å²) < 4.78 is 24.6. The smallest absolute Gasteiger partial charge is 0.239 e. The summed E-state index contributed by atoms with van der Waals surface area (Å²) in [6.45, 7) is 1.74. The van der Waals surface area contributed by atoms with E-state index in [4.69, 9.17) is 5.73 Å². The van der Waals surface area contributed by atoms with Crippen molar-refractivity contribution in [3.05, 3.63) is 35.9 Å². The molecule has 1 atom stereocenters. The third-order valence-electron chi connectivity index (χ3n) is 3.85. The molecule has 1 fully saturated rings. The Morgan fingerprint density at radius 3 is 2.50 bits per heavy atom. The van der Waals surface area contributed by atoms with Gasteiger partial charge in [0.25, 0.3) is 0 Å². The van der Waals surface area contributed by atoms with Crippen molar-refractivity contribution in [2.45, 2.75) is 18.9 Å². The number of nitrogens with zero attached hydrogens (tertiary/aromatic N) is 2. The molecule has 1 unspecified atom stereocenters. The number of amides is 1. The molecule has 1 aliphatic rings. The van der Waals surface area contributed by atoms with E-state index in [9.17, 15) is 13.2 Å². The molecular weight excluding hydrogens is 302 g/mol. The maximum Gasteiger partial charge on any atom is 0.239 e. The molecule has 1 saturated heterocycles. The van der Waals surface area contributed by atoms with Gasteiger partial charge in [-0.1, -0.05) is 30.3 Å². The van der Waals surface area contributed by atoms with Crippen LogP contribution in [0.5, 0.6) is 0 Å². The lowest BCUT2D eigenvalue weighted by Crippen LogP contribution is -2.46. The molecule has 122 valence electrons. The lowest BCUT2D eigenvalue weighted by atomic mass is 10.1. The summed E-state index contributed by atoms with van der Waals surface area (Å²) in [7, 11) is -3.20. The molecule has 0 radical (unpaired) electrons. The van der Waals surface area contributed by atoms with E-state index < -0.39 is 16.1 Å². The second-order valence-corrected chi connectivity index (χ2v) is 7.62. The van der Waals surface area contributed by atoms with Crippen LogP contribution >= 0.6 is 0 Å². The van der Waals surface area contributed by atoms with Crippen LogP contribution < -0.4 is 5.73 Å². The van der Waals surface area contributed by atoms with Crippen molar-refractivity contribution in [3.8, 4) is 0 Å². The summed E-state index contributed by atoms with van der Waals surface area (Å²) in [5.41, 5.74) is 7.05. The zero-order valence-corrected chi connectivity index (χ0v) is 13.6. The van der Waals surface area contributed by atoms with E-state index in [-0.39, 0.29) is 5.91 Å². The minimum Gasteiger partial charge on any atom is -0.340 e. The minimum absolute atomic E-state index is 0.112. The van der Waals surface area contributed by atoms with Gasteiger partial charge in [-0.05, 0) is 18.4 Å². The normalized spacial score (nSPS) is 18.7. The molecule has 0 aromatic heterocycles. The van der Waals surface area contributed by atoms with Crippen molar-refractivity contribution < 1.29 is 13.2 Å². The first-order valence-electron chi connectivity index (χ1n) is 7.41. The fraction of sp³-hybridized carbons (Fsp3) is 0.533. The molecule has 2 rings (SSSR count). The first-order chi connectivity index (χ1) is 10.4. The summed E-state index contributed by atoms with van der Waals surface area (Å²) >= 11 is 0. The van der Waals surface area contributed by atoms with Gasteiger partial charge in [-0.3, -0.25) is 4.79 Å². The first kappa shape index (κ1) is 16.9. The van der Waals surface area contributed by atoms with Crippen LogP contribution in [0.15, 0.2) is 30.3 Å². The Kier molecular flexibility index (Phi) is 5.55. The molecule has 0 saturated carbocycles. The van der Waals surface area contributed by atoms with E-state index in [2.05, 4.69) is 0 Å². The summed E-state index contributed by atoms with van der Waals surface area (Å²) in [6.07, 6.45) is 2.33. The van der Waals surface area contributed by atoms with Gasteiger partial charge < -0.3 is 10.6 Å². The molecule has 1 heterocycles. The molecule has 7 heteroatoms. The van der Waals surface area contributed by atoms with Gasteiger partial charge in [0.1, 0.15) is 0 Å². The van der Waals surface area contributed by atoms with Gasteiger partial charge in [-0.25, -0.2) is 12.7 Å². The monoisotopic (exact) mass is 325 g/mol. The standard InChI is InChI=1S/C15H23N3O3S/c1-22(20,21)18-9-5-8-17(10-11-18)15(19)14(16)12-13-6-3-2-4-7-13/h2-4,6-7,14H,5,8-12,16H2,1H3. The maximum atomic E-state index is 12.4. The van der Waals surface area contributed by atoms with Gasteiger partial charge >= 0.3 is 0 Å². The van der Waals surface area contributed by atoms with E-state index in [1.165, 1.54) is 10.6 Å². The Balaban J connectivity index is 1.95. The largest absolute Gasteiger partial charge is 0.340 e. The molecule has 1 aliphatic heterocycles. The Bertz CT molecular complexity index is 604. The summed E-state index contributed by atoms with van der Waals surface area (Å²) in [4.78, 5) is 14.1. The number of carbonyl (C=O) groups is 1. The quantitative estimate of drug-likeness (QED) is 0.848. The van der Waals surface area contributed by atoms with E-state index in [1.54, 1.807) is 4.90 Å². The third-order valence-corrected chi connectivity index (χ3v) is 5.15. The van der Waals surface area contributed by atoms with Crippen LogP contribution in [0.4, 0.5) is 0 Å². The van der Waals surface area contributed by atoms with Crippen molar-refractivity contribution >= 4 is 15.9 Å². The maximum absolute atomic E-state index is 12.4. The molecule has 1 amide bonds. The van der Waals surface area contributed by atoms with Gasteiger partial charge in [-0.2, -0.15) is 0 Å². The molecule has 22 heavy (non-hydrogen) atoms. The van der Waals surface area contributed by atoms with Crippen LogP contribution in [-0.4, -0.2) is 62.0 Å². The SMILES string of the molecule is CS(=O)(=O)N1CCCN(C(=O)C(N)Cc2ccccc2)CC1. The number of rotatable bonds is 4. The van der Waals surface area contributed by atoms with E-state index in [0.717, 1.165) is 5.56 Å². The van der Waals surface area contributed by atoms with Crippen molar-refractivity contribution in [2.24, 2.45) is 5.73 Å². The molecule has 2 N–H and O–H groups in total. The summed E-state index contributed by atoms with van der Waals surface area (Å²) in [6, 6.07) is 9.06. The highest BCUT2D eigenvalue weighted by Crippen LogP contribution is 2.10. The van der Waals surface area contributed by atoms with Crippen LogP contribution in [0.25, 0.3) is 0 Å². The average Bonchev–Trinajstić information content (AvgIpc) is 2.73. The minimum atomic E-state index is -3.20. The van der Waals surface area contributed by atoms with E-state index >= 15 is 0 Å². The van der Waals surface area contributed by atoms with Crippen LogP contribution in [0, 0.1) is 0 Å². The summed E-state index contributed by atoms with van der Waals surface area (Å²) in [5, 5.41) is 0. The van der Waals surface area contributed by atoms with Crippen LogP contribution in [0.3, 0.4) is 0 Å². The van der Waals surface area contributed by atoms with Gasteiger partial charge in [0.15, 0.2) is 0 Å². The van der Waals surface area contributed by atoms with Crippen LogP contribution in [0.2, 0.25) is 0 Å². The number of nitrogens with two attached hydrogens (primary N) is 1. The number of hydrogen-bond acceptors (Lipinski definition) is 4. The third kappa shape index (κ3) is 4.53. The van der Waals surface area contributed by atoms with Gasteiger partial charge in [0.2, 0.25) is 15.9 Å². The molecule has 0 spiro atoms. The van der Waals surface area contributed by atoms with E-state index in [0.29, 0.717) is 39.0 Å². The Morgan fingerprint density at radius 1 is 1.18 bits per heavy atom. The van der Waals surface area contributed by atoms with Crippen molar-refractivity contribution in [1.29, 1.82) is 0 Å². The number of hydrogen-bond donors (Lipinski definition) is 1. The fourth-order valence-corrected chi connectivity index (χ4v) is 3.51. The number of carbonyl (C=O) groups excluding carboxylic acids is 1. The predicted molar refractivity (Wildman–Crippen MR) is 85.7 cm³/mol. The molecule has 0 bridgehead atoms. The Labute approximate surface area is 131 Å².